The van der Waals surface area contributed by atoms with Gasteiger partial charge in [0.05, 0.1) is 51.8 Å². The van der Waals surface area contributed by atoms with E-state index in [1.54, 1.807) is 39.8 Å². The summed E-state index contributed by atoms with van der Waals surface area (Å²) in [7, 11) is 2.75. The molecule has 14 heteroatoms. The molecule has 0 atom stereocenters. The molecule has 0 saturated heterocycles. The fraction of sp³-hybridized carbons (Fsp3) is 0.486. The van der Waals surface area contributed by atoms with Gasteiger partial charge in [-0.3, -0.25) is 19.2 Å². The summed E-state index contributed by atoms with van der Waals surface area (Å²) in [6.07, 6.45) is -0.0419. The number of methoxy groups -OCH3 is 2. The van der Waals surface area contributed by atoms with Crippen molar-refractivity contribution < 1.29 is 56.4 Å². The largest absolute Gasteiger partial charge is 0.493 e. The van der Waals surface area contributed by atoms with Crippen LogP contribution < -0.4 is 18.9 Å². The lowest BCUT2D eigenvalue weighted by Crippen LogP contribution is -2.28. The van der Waals surface area contributed by atoms with E-state index in [0.29, 0.717) is 20.7 Å². The Morgan fingerprint density at radius 3 is 2.10 bits per heavy atom. The van der Waals surface area contributed by atoms with Crippen LogP contribution in [-0.4, -0.2) is 68.2 Å². The zero-order chi connectivity index (χ0) is 35.9. The third-order valence-electron chi connectivity index (χ3n) is 7.45. The van der Waals surface area contributed by atoms with Crippen LogP contribution >= 0.6 is 11.3 Å². The first-order valence-electron chi connectivity index (χ1n) is 15.9. The van der Waals surface area contributed by atoms with E-state index < -0.39 is 29.2 Å². The molecule has 1 aromatic heterocycles. The van der Waals surface area contributed by atoms with Crippen molar-refractivity contribution in [1.29, 1.82) is 0 Å². The molecule has 4 rings (SSSR count). The van der Waals surface area contributed by atoms with Gasteiger partial charge in [-0.15, -0.1) is 11.3 Å². The molecule has 0 radical (unpaired) electrons. The van der Waals surface area contributed by atoms with Gasteiger partial charge in [0, 0.05) is 54.1 Å². The predicted octanol–water partition coefficient (Wildman–Crippen LogP) is 6.53. The molecular formula is C35H41F2NO10S. The number of thiophene rings is 1. The van der Waals surface area contributed by atoms with Gasteiger partial charge in [-0.05, 0) is 45.4 Å². The zero-order valence-corrected chi connectivity index (χ0v) is 29.3. The summed E-state index contributed by atoms with van der Waals surface area (Å²) in [5.74, 6) is -2.90. The Labute approximate surface area is 287 Å². The number of amides is 1. The van der Waals surface area contributed by atoms with Gasteiger partial charge in [-0.2, -0.15) is 0 Å². The molecule has 1 aliphatic heterocycles. The first kappa shape index (κ1) is 37.4. The number of hydrogen-bond donors (Lipinski definition) is 0. The number of ether oxygens (including phenoxy) is 6. The first-order valence-corrected chi connectivity index (χ1v) is 16.7. The van der Waals surface area contributed by atoms with Gasteiger partial charge in [0.1, 0.15) is 5.60 Å². The van der Waals surface area contributed by atoms with Crippen molar-refractivity contribution in [2.24, 2.45) is 0 Å². The van der Waals surface area contributed by atoms with E-state index in [4.69, 9.17) is 28.4 Å². The van der Waals surface area contributed by atoms with E-state index in [1.807, 2.05) is 0 Å². The second kappa shape index (κ2) is 16.3. The number of fused-ring (bicyclic) bond motifs is 2. The number of carbonyl (C=O) groups is 4. The molecule has 1 amide bonds. The van der Waals surface area contributed by atoms with Gasteiger partial charge < -0.3 is 33.3 Å². The van der Waals surface area contributed by atoms with E-state index in [2.05, 4.69) is 0 Å². The quantitative estimate of drug-likeness (QED) is 0.0922. The molecule has 1 aliphatic rings. The van der Waals surface area contributed by atoms with Crippen LogP contribution in [0, 0.1) is 11.6 Å². The maximum absolute atomic E-state index is 15.7. The Morgan fingerprint density at radius 2 is 1.47 bits per heavy atom. The van der Waals surface area contributed by atoms with Crippen molar-refractivity contribution in [3.8, 4) is 23.0 Å². The maximum Gasteiger partial charge on any atom is 0.306 e. The number of ketones is 1. The highest BCUT2D eigenvalue weighted by molar-refractivity contribution is 7.20. The van der Waals surface area contributed by atoms with Crippen molar-refractivity contribution >= 4 is 45.1 Å². The van der Waals surface area contributed by atoms with Crippen molar-refractivity contribution in [3.63, 3.8) is 0 Å². The molecule has 0 aliphatic carbocycles. The second-order valence-corrected chi connectivity index (χ2v) is 13.3. The van der Waals surface area contributed by atoms with Gasteiger partial charge in [0.2, 0.25) is 5.91 Å². The fourth-order valence-corrected chi connectivity index (χ4v) is 6.24. The summed E-state index contributed by atoms with van der Waals surface area (Å²) < 4.78 is 64.0. The van der Waals surface area contributed by atoms with Crippen molar-refractivity contribution in [1.82, 2.24) is 4.90 Å². The molecule has 266 valence electrons. The van der Waals surface area contributed by atoms with Crippen LogP contribution in [0.5, 0.6) is 23.0 Å². The molecular weight excluding hydrogens is 664 g/mol. The third-order valence-corrected chi connectivity index (χ3v) is 8.57. The number of carbonyl (C=O) groups excluding carboxylic acids is 4. The van der Waals surface area contributed by atoms with Gasteiger partial charge in [0.15, 0.2) is 40.4 Å². The minimum absolute atomic E-state index is 0.00561. The molecule has 11 nitrogen and oxygen atoms in total. The van der Waals surface area contributed by atoms with Crippen LogP contribution in [0.15, 0.2) is 18.2 Å². The summed E-state index contributed by atoms with van der Waals surface area (Å²) in [6, 6.07) is 4.63. The summed E-state index contributed by atoms with van der Waals surface area (Å²) in [6.45, 7) is 7.30. The number of hydrogen-bond acceptors (Lipinski definition) is 11. The number of nitrogens with zero attached hydrogens (tertiary/aromatic N) is 1. The summed E-state index contributed by atoms with van der Waals surface area (Å²) >= 11 is 1.09. The normalized spacial score (nSPS) is 12.4. The molecule has 0 saturated carbocycles. The first-order chi connectivity index (χ1) is 23.3. The second-order valence-electron chi connectivity index (χ2n) is 12.2. The lowest BCUT2D eigenvalue weighted by Gasteiger charge is -2.20. The number of halogens is 2. The molecule has 2 aromatic carbocycles. The van der Waals surface area contributed by atoms with Gasteiger partial charge >= 0.3 is 11.9 Å². The van der Waals surface area contributed by atoms with Crippen LogP contribution in [0.4, 0.5) is 8.78 Å². The zero-order valence-electron chi connectivity index (χ0n) is 28.5. The average Bonchev–Trinajstić information content (AvgIpc) is 3.68. The van der Waals surface area contributed by atoms with Gasteiger partial charge in [-0.25, -0.2) is 8.78 Å². The fourth-order valence-electron chi connectivity index (χ4n) is 5.19. The van der Waals surface area contributed by atoms with E-state index in [-0.39, 0.29) is 105 Å². The molecule has 0 spiro atoms. The summed E-state index contributed by atoms with van der Waals surface area (Å²) in [5, 5.41) is 0.179. The molecule has 2 heterocycles. The van der Waals surface area contributed by atoms with Crippen LogP contribution in [0.25, 0.3) is 10.1 Å². The minimum Gasteiger partial charge on any atom is -0.493 e. The Hall–Kier alpha value is -4.46. The number of esters is 2. The lowest BCUT2D eigenvalue weighted by atomic mass is 10.1. The van der Waals surface area contributed by atoms with E-state index >= 15 is 8.78 Å². The van der Waals surface area contributed by atoms with Crippen LogP contribution in [0.3, 0.4) is 0 Å². The highest BCUT2D eigenvalue weighted by Gasteiger charge is 2.31. The molecule has 3 aromatic rings. The van der Waals surface area contributed by atoms with Crippen molar-refractivity contribution in [2.75, 3.05) is 34.0 Å². The number of Topliss-reactive ketones (excluding diaryl/α,β-unsaturated/α-hetero) is 1. The maximum atomic E-state index is 15.7. The van der Waals surface area contributed by atoms with E-state index in [9.17, 15) is 19.2 Å². The number of rotatable bonds is 16. The SMILES string of the molecule is CCOC(=O)CCC(=O)c1cc2c(F)c(OCCCOc3c(OC)cc4c(c3F)CN(C(=O)CCC(=O)OC(C)(C)C)C4)c(OC)cc2s1. The Kier molecular flexibility index (Phi) is 12.4. The standard InChI is InChI=1S/C35H41F2NO10S/c1-7-45-29(41)11-9-23(39)27-16-21-26(49-27)17-25(44-6)34(31(21)36)47-14-8-13-46-33-24(43-5)15-20-18-38(19-22(20)32(33)37)28(40)10-12-30(42)48-35(2,3)4/h15-17H,7-14,18-19H2,1-6H3. The Balaban J connectivity index is 1.35. The molecule has 0 fully saturated rings. The Morgan fingerprint density at radius 1 is 0.837 bits per heavy atom. The molecule has 0 bridgehead atoms. The van der Waals surface area contributed by atoms with Crippen LogP contribution in [0.1, 0.15) is 80.6 Å². The number of benzene rings is 2. The van der Waals surface area contributed by atoms with Crippen LogP contribution in [-0.2, 0) is 36.9 Å². The monoisotopic (exact) mass is 705 g/mol. The average molecular weight is 706 g/mol. The summed E-state index contributed by atoms with van der Waals surface area (Å²) in [5.41, 5.74) is 0.216. The van der Waals surface area contributed by atoms with Crippen molar-refractivity contribution in [3.05, 3.63) is 45.8 Å². The van der Waals surface area contributed by atoms with Crippen molar-refractivity contribution in [2.45, 2.75) is 78.5 Å². The molecule has 0 unspecified atom stereocenters. The highest BCUT2D eigenvalue weighted by atomic mass is 32.1. The predicted molar refractivity (Wildman–Crippen MR) is 176 cm³/mol. The molecule has 0 N–H and O–H groups in total. The molecule has 49 heavy (non-hydrogen) atoms. The van der Waals surface area contributed by atoms with Gasteiger partial charge in [0.25, 0.3) is 0 Å². The minimum atomic E-state index is -0.701. The summed E-state index contributed by atoms with van der Waals surface area (Å²) in [4.78, 5) is 50.9. The van der Waals surface area contributed by atoms with E-state index in [1.165, 1.54) is 25.2 Å². The van der Waals surface area contributed by atoms with Crippen LogP contribution in [0.2, 0.25) is 0 Å². The topological polar surface area (TPSA) is 127 Å². The van der Waals surface area contributed by atoms with E-state index in [0.717, 1.165) is 11.3 Å². The smallest absolute Gasteiger partial charge is 0.306 e. The highest BCUT2D eigenvalue weighted by Crippen LogP contribution is 2.41. The lowest BCUT2D eigenvalue weighted by molar-refractivity contribution is -0.156. The van der Waals surface area contributed by atoms with Gasteiger partial charge in [-0.1, -0.05) is 0 Å². The third kappa shape index (κ3) is 9.37. The Bertz CT molecular complexity index is 1710.